The van der Waals surface area contributed by atoms with Crippen LogP contribution in [0.1, 0.15) is 0 Å². The number of aliphatic hydroxyl groups excluding tert-OH is 7. The third-order valence-corrected chi connectivity index (χ3v) is 7.56. The Bertz CT molecular complexity index is 1570. The molecule has 0 radical (unpaired) electrons. The van der Waals surface area contributed by atoms with E-state index in [9.17, 15) is 55.9 Å². The van der Waals surface area contributed by atoms with E-state index in [1.165, 1.54) is 25.3 Å². The lowest BCUT2D eigenvalue weighted by atomic mass is 9.97. The van der Waals surface area contributed by atoms with Crippen LogP contribution in [0.15, 0.2) is 39.5 Å². The molecule has 2 aliphatic heterocycles. The van der Waals surface area contributed by atoms with Crippen LogP contribution in [-0.4, -0.2) is 133 Å². The van der Waals surface area contributed by atoms with Crippen LogP contribution < -0.4 is 14.9 Å². The predicted octanol–water partition coefficient (Wildman–Crippen LogP) is -2.41. The van der Waals surface area contributed by atoms with Crippen molar-refractivity contribution >= 4 is 11.0 Å². The van der Waals surface area contributed by atoms with Crippen molar-refractivity contribution in [2.24, 2.45) is 0 Å². The molecule has 2 saturated heterocycles. The first kappa shape index (κ1) is 32.6. The van der Waals surface area contributed by atoms with Crippen LogP contribution in [0.3, 0.4) is 0 Å². The van der Waals surface area contributed by atoms with Gasteiger partial charge >= 0.3 is 0 Å². The predicted molar refractivity (Wildman–Crippen MR) is 146 cm³/mol. The van der Waals surface area contributed by atoms with Crippen LogP contribution in [-0.2, 0) is 14.2 Å². The largest absolute Gasteiger partial charge is 0.508 e. The molecule has 0 aliphatic carbocycles. The number of ether oxygens (including phenoxy) is 5. The van der Waals surface area contributed by atoms with Gasteiger partial charge in [0.15, 0.2) is 23.5 Å². The molecule has 10 N–H and O–H groups in total. The van der Waals surface area contributed by atoms with Gasteiger partial charge in [0, 0.05) is 17.7 Å². The van der Waals surface area contributed by atoms with Gasteiger partial charge in [-0.15, -0.1) is 0 Å². The number of phenols is 3. The Balaban J connectivity index is 1.56. The molecule has 0 bridgehead atoms. The van der Waals surface area contributed by atoms with E-state index in [1.807, 2.05) is 0 Å². The highest BCUT2D eigenvalue weighted by Gasteiger charge is 2.51. The Kier molecular flexibility index (Phi) is 9.38. The number of rotatable bonds is 8. The van der Waals surface area contributed by atoms with Crippen molar-refractivity contribution in [3.05, 3.63) is 40.6 Å². The van der Waals surface area contributed by atoms with Gasteiger partial charge in [-0.25, -0.2) is 0 Å². The fourth-order valence-electron chi connectivity index (χ4n) is 5.15. The molecular weight excluding hydrogens is 608 g/mol. The van der Waals surface area contributed by atoms with Gasteiger partial charge in [0.1, 0.15) is 71.3 Å². The van der Waals surface area contributed by atoms with Crippen molar-refractivity contribution in [3.8, 4) is 40.1 Å². The molecule has 3 aromatic rings. The molecule has 1 aromatic heterocycles. The Morgan fingerprint density at radius 2 is 1.44 bits per heavy atom. The Morgan fingerprint density at radius 3 is 2.11 bits per heavy atom. The Labute approximate surface area is 252 Å². The van der Waals surface area contributed by atoms with Crippen molar-refractivity contribution in [2.75, 3.05) is 20.3 Å². The van der Waals surface area contributed by atoms with Crippen LogP contribution in [0, 0.1) is 0 Å². The topological polar surface area (TPSA) is 279 Å². The van der Waals surface area contributed by atoms with Crippen molar-refractivity contribution < 1.29 is 79.2 Å². The molecule has 0 amide bonds. The van der Waals surface area contributed by atoms with E-state index in [-0.39, 0.29) is 28.4 Å². The molecule has 5 rings (SSSR count). The highest BCUT2D eigenvalue weighted by molar-refractivity contribution is 5.88. The lowest BCUT2D eigenvalue weighted by Gasteiger charge is -2.45. The molecule has 10 atom stereocenters. The maximum Gasteiger partial charge on any atom is 0.239 e. The molecule has 17 heteroatoms. The highest BCUT2D eigenvalue weighted by Crippen LogP contribution is 2.40. The minimum absolute atomic E-state index is 0.0367. The molecule has 0 saturated carbocycles. The molecule has 2 aliphatic rings. The number of methoxy groups -OCH3 is 1. The van der Waals surface area contributed by atoms with Crippen LogP contribution >= 0.6 is 0 Å². The van der Waals surface area contributed by atoms with E-state index in [4.69, 9.17) is 28.1 Å². The van der Waals surface area contributed by atoms with E-state index in [0.717, 1.165) is 12.1 Å². The van der Waals surface area contributed by atoms with E-state index < -0.39 is 103 Å². The molecule has 2 fully saturated rings. The lowest BCUT2D eigenvalue weighted by Crippen LogP contribution is -2.65. The van der Waals surface area contributed by atoms with E-state index >= 15 is 0 Å². The fraction of sp³-hybridized carbons (Fsp3) is 0.464. The molecule has 3 heterocycles. The first-order valence-corrected chi connectivity index (χ1v) is 13.5. The zero-order valence-electron chi connectivity index (χ0n) is 23.4. The fourth-order valence-corrected chi connectivity index (χ4v) is 5.15. The number of benzene rings is 2. The lowest BCUT2D eigenvalue weighted by molar-refractivity contribution is -0.352. The first-order valence-electron chi connectivity index (χ1n) is 13.5. The molecule has 17 nitrogen and oxygen atoms in total. The summed E-state index contributed by atoms with van der Waals surface area (Å²) in [6.45, 7) is -1.65. The minimum atomic E-state index is -2.01. The number of aromatic hydroxyl groups is 3. The maximum absolute atomic E-state index is 13.7. The summed E-state index contributed by atoms with van der Waals surface area (Å²) in [4.78, 5) is 13.7. The van der Waals surface area contributed by atoms with E-state index in [1.54, 1.807) is 0 Å². The zero-order valence-corrected chi connectivity index (χ0v) is 23.4. The van der Waals surface area contributed by atoms with Gasteiger partial charge in [0.25, 0.3) is 0 Å². The van der Waals surface area contributed by atoms with Gasteiger partial charge in [0.05, 0.1) is 20.3 Å². The number of hydrogen-bond acceptors (Lipinski definition) is 17. The molecule has 5 unspecified atom stereocenters. The number of hydrogen-bond donors (Lipinski definition) is 10. The number of aliphatic hydroxyl groups is 7. The SMILES string of the molecule is COc1cc(-c2oc3cc(O)cc(O)c3c(=O)c2O[C@@H]2OC(CO)[C@H](O)C(O[C@@H]3OC(CO)[C@@H](O)C(O)[C@H]3O)C2O)ccc1O. The highest BCUT2D eigenvalue weighted by atomic mass is 16.7. The van der Waals surface area contributed by atoms with E-state index in [0.29, 0.717) is 0 Å². The average Bonchev–Trinajstić information content (AvgIpc) is 3.01. The standard InChI is InChI=1S/C28H32O17/c1-40-13-4-9(2-3-11(13)32)24-26(20(36)17-12(33)5-10(31)6-14(17)41-24)45-28-23(39)25(19(35)16(8-30)43-28)44-27-22(38)21(37)18(34)15(7-29)42-27/h2-6,15-16,18-19,21-23,25,27-35,37-39H,7-8H2,1H3/t15?,16?,18-,19+,21?,22-,23?,25?,27+,28+/m1/s1. The van der Waals surface area contributed by atoms with Crippen molar-refractivity contribution in [1.82, 2.24) is 0 Å². The second kappa shape index (κ2) is 12.9. The smallest absolute Gasteiger partial charge is 0.239 e. The zero-order chi connectivity index (χ0) is 32.7. The summed E-state index contributed by atoms with van der Waals surface area (Å²) in [5.74, 6) is -2.43. The molecule has 0 spiro atoms. The van der Waals surface area contributed by atoms with Gasteiger partial charge in [-0.3, -0.25) is 4.79 Å². The molecule has 246 valence electrons. The van der Waals surface area contributed by atoms with Gasteiger partial charge < -0.3 is 79.2 Å². The monoisotopic (exact) mass is 640 g/mol. The Morgan fingerprint density at radius 1 is 0.778 bits per heavy atom. The Hall–Kier alpha value is -3.75. The van der Waals surface area contributed by atoms with E-state index in [2.05, 4.69) is 0 Å². The summed E-state index contributed by atoms with van der Waals surface area (Å²) in [5.41, 5.74) is -1.20. The third-order valence-electron chi connectivity index (χ3n) is 7.56. The number of phenolic OH excluding ortho intramolecular Hbond substituents is 3. The van der Waals surface area contributed by atoms with Crippen LogP contribution in [0.25, 0.3) is 22.3 Å². The summed E-state index contributed by atoms with van der Waals surface area (Å²) in [6.07, 6.45) is -17.8. The number of fused-ring (bicyclic) bond motifs is 1. The maximum atomic E-state index is 13.7. The van der Waals surface area contributed by atoms with Crippen LogP contribution in [0.2, 0.25) is 0 Å². The van der Waals surface area contributed by atoms with Gasteiger partial charge in [-0.05, 0) is 18.2 Å². The van der Waals surface area contributed by atoms with Gasteiger partial charge in [0.2, 0.25) is 17.5 Å². The molecule has 45 heavy (non-hydrogen) atoms. The summed E-state index contributed by atoms with van der Waals surface area (Å²) in [6, 6.07) is 5.74. The summed E-state index contributed by atoms with van der Waals surface area (Å²) in [7, 11) is 1.27. The normalized spacial score (nSPS) is 32.0. The molecular formula is C28H32O17. The van der Waals surface area contributed by atoms with Crippen molar-refractivity contribution in [3.63, 3.8) is 0 Å². The quantitative estimate of drug-likeness (QED) is 0.123. The van der Waals surface area contributed by atoms with Crippen molar-refractivity contribution in [2.45, 2.75) is 61.4 Å². The second-order valence-corrected chi connectivity index (χ2v) is 10.4. The van der Waals surface area contributed by atoms with Crippen LogP contribution in [0.5, 0.6) is 28.7 Å². The van der Waals surface area contributed by atoms with Crippen LogP contribution in [0.4, 0.5) is 0 Å². The summed E-state index contributed by atoms with van der Waals surface area (Å²) >= 11 is 0. The first-order chi connectivity index (χ1) is 21.4. The summed E-state index contributed by atoms with van der Waals surface area (Å²) in [5, 5.41) is 102. The van der Waals surface area contributed by atoms with Gasteiger partial charge in [-0.2, -0.15) is 0 Å². The third kappa shape index (κ3) is 5.98. The van der Waals surface area contributed by atoms with Crippen molar-refractivity contribution in [1.29, 1.82) is 0 Å². The molecule has 2 aromatic carbocycles. The van der Waals surface area contributed by atoms with Gasteiger partial charge in [-0.1, -0.05) is 0 Å². The second-order valence-electron chi connectivity index (χ2n) is 10.4. The summed E-state index contributed by atoms with van der Waals surface area (Å²) < 4.78 is 33.2. The minimum Gasteiger partial charge on any atom is -0.508 e. The average molecular weight is 641 g/mol.